The van der Waals surface area contributed by atoms with E-state index >= 15 is 0 Å². The van der Waals surface area contributed by atoms with Crippen molar-refractivity contribution >= 4 is 34.6 Å². The van der Waals surface area contributed by atoms with Gasteiger partial charge in [-0.1, -0.05) is 31.5 Å². The van der Waals surface area contributed by atoms with Crippen molar-refractivity contribution in [2.24, 2.45) is 4.99 Å². The van der Waals surface area contributed by atoms with E-state index in [9.17, 15) is 9.18 Å². The molecule has 1 amide bonds. The maximum absolute atomic E-state index is 13.9. The van der Waals surface area contributed by atoms with Crippen LogP contribution >= 0.6 is 11.8 Å². The van der Waals surface area contributed by atoms with Gasteiger partial charge in [0, 0.05) is 7.05 Å². The number of thioether (sulfide) groups is 1. The number of aliphatic imine (C=N–C) groups is 1. The highest BCUT2D eigenvalue weighted by molar-refractivity contribution is 8.18. The number of benzene rings is 2. The van der Waals surface area contributed by atoms with Gasteiger partial charge in [-0.15, -0.1) is 0 Å². The summed E-state index contributed by atoms with van der Waals surface area (Å²) in [5.74, 6) is 0.668. The minimum Gasteiger partial charge on any atom is -0.493 e. The van der Waals surface area contributed by atoms with E-state index in [1.165, 1.54) is 22.7 Å². The average molecular weight is 415 g/mol. The number of amidine groups is 1. The zero-order chi connectivity index (χ0) is 20.8. The van der Waals surface area contributed by atoms with E-state index in [-0.39, 0.29) is 11.6 Å². The van der Waals surface area contributed by atoms with Gasteiger partial charge in [-0.3, -0.25) is 9.69 Å². The van der Waals surface area contributed by atoms with Crippen molar-refractivity contribution in [3.8, 4) is 11.5 Å². The molecule has 29 heavy (non-hydrogen) atoms. The summed E-state index contributed by atoms with van der Waals surface area (Å²) < 4.78 is 25.0. The minimum atomic E-state index is -0.428. The summed E-state index contributed by atoms with van der Waals surface area (Å²) in [4.78, 5) is 18.8. The molecular weight excluding hydrogens is 391 g/mol. The number of nitrogens with zero attached hydrogens (tertiary/aromatic N) is 2. The standard InChI is InChI=1S/C22H23FN2O3S/c1-4-5-12-28-18-11-10-15(13-19(18)27-3)14-20-21(26)25(2)22(29-20)24-17-9-7-6-8-16(17)23/h6-11,13-14H,4-5,12H2,1-3H3/b20-14+,24-22?. The highest BCUT2D eigenvalue weighted by Crippen LogP contribution is 2.35. The van der Waals surface area contributed by atoms with Gasteiger partial charge in [0.1, 0.15) is 11.5 Å². The van der Waals surface area contributed by atoms with Crippen LogP contribution in [-0.2, 0) is 4.79 Å². The molecule has 0 spiro atoms. The van der Waals surface area contributed by atoms with Crippen LogP contribution in [0, 0.1) is 5.82 Å². The topological polar surface area (TPSA) is 51.1 Å². The first-order chi connectivity index (χ1) is 14.0. The molecular formula is C22H23FN2O3S. The maximum atomic E-state index is 13.9. The molecule has 1 aliphatic rings. The summed E-state index contributed by atoms with van der Waals surface area (Å²) in [5.41, 5.74) is 1.01. The van der Waals surface area contributed by atoms with E-state index < -0.39 is 5.82 Å². The summed E-state index contributed by atoms with van der Waals surface area (Å²) >= 11 is 1.21. The number of hydrogen-bond donors (Lipinski definition) is 0. The number of carbonyl (C=O) groups is 1. The molecule has 1 fully saturated rings. The number of halogens is 1. The third kappa shape index (κ3) is 4.98. The molecule has 2 aromatic rings. The molecule has 1 heterocycles. The lowest BCUT2D eigenvalue weighted by atomic mass is 10.2. The fourth-order valence-electron chi connectivity index (χ4n) is 2.67. The predicted octanol–water partition coefficient (Wildman–Crippen LogP) is 5.25. The average Bonchev–Trinajstić information content (AvgIpc) is 2.98. The van der Waals surface area contributed by atoms with Crippen molar-refractivity contribution < 1.29 is 18.7 Å². The molecule has 0 radical (unpaired) electrons. The van der Waals surface area contributed by atoms with Gasteiger partial charge in [-0.2, -0.15) is 0 Å². The molecule has 0 bridgehead atoms. The van der Waals surface area contributed by atoms with Crippen LogP contribution in [0.4, 0.5) is 10.1 Å². The fourth-order valence-corrected chi connectivity index (χ4v) is 3.65. The van der Waals surface area contributed by atoms with Crippen LogP contribution in [0.5, 0.6) is 11.5 Å². The van der Waals surface area contributed by atoms with Gasteiger partial charge in [0.15, 0.2) is 16.7 Å². The first kappa shape index (κ1) is 20.9. The van der Waals surface area contributed by atoms with Gasteiger partial charge in [-0.05, 0) is 54.1 Å². The third-order valence-corrected chi connectivity index (χ3v) is 5.37. The van der Waals surface area contributed by atoms with Crippen molar-refractivity contribution in [2.75, 3.05) is 20.8 Å². The zero-order valence-electron chi connectivity index (χ0n) is 16.6. The van der Waals surface area contributed by atoms with E-state index in [0.717, 1.165) is 18.4 Å². The van der Waals surface area contributed by atoms with Gasteiger partial charge in [0.2, 0.25) is 0 Å². The van der Waals surface area contributed by atoms with Crippen molar-refractivity contribution in [3.63, 3.8) is 0 Å². The van der Waals surface area contributed by atoms with Gasteiger partial charge in [0.05, 0.1) is 18.6 Å². The van der Waals surface area contributed by atoms with E-state index in [2.05, 4.69) is 11.9 Å². The zero-order valence-corrected chi connectivity index (χ0v) is 17.5. The first-order valence-electron chi connectivity index (χ1n) is 9.35. The smallest absolute Gasteiger partial charge is 0.266 e. The van der Waals surface area contributed by atoms with Crippen LogP contribution in [0.3, 0.4) is 0 Å². The largest absolute Gasteiger partial charge is 0.493 e. The molecule has 1 saturated heterocycles. The lowest BCUT2D eigenvalue weighted by Gasteiger charge is -2.11. The Morgan fingerprint density at radius 2 is 2.00 bits per heavy atom. The van der Waals surface area contributed by atoms with Crippen LogP contribution in [0.15, 0.2) is 52.4 Å². The number of amides is 1. The molecule has 3 rings (SSSR count). The van der Waals surface area contributed by atoms with Crippen molar-refractivity contribution in [2.45, 2.75) is 19.8 Å². The van der Waals surface area contributed by atoms with Crippen LogP contribution in [0.1, 0.15) is 25.3 Å². The van der Waals surface area contributed by atoms with Gasteiger partial charge >= 0.3 is 0 Å². The van der Waals surface area contributed by atoms with Crippen molar-refractivity contribution in [1.29, 1.82) is 0 Å². The lowest BCUT2D eigenvalue weighted by Crippen LogP contribution is -2.23. The van der Waals surface area contributed by atoms with Crippen LogP contribution in [0.2, 0.25) is 0 Å². The molecule has 2 aromatic carbocycles. The van der Waals surface area contributed by atoms with E-state index in [4.69, 9.17) is 9.47 Å². The molecule has 0 saturated carbocycles. The van der Waals surface area contributed by atoms with Crippen molar-refractivity contribution in [1.82, 2.24) is 4.90 Å². The molecule has 0 atom stereocenters. The molecule has 5 nitrogen and oxygen atoms in total. The number of rotatable bonds is 7. The molecule has 0 N–H and O–H groups in total. The number of unbranched alkanes of at least 4 members (excludes halogenated alkanes) is 1. The summed E-state index contributed by atoms with van der Waals surface area (Å²) in [6.07, 6.45) is 3.79. The first-order valence-corrected chi connectivity index (χ1v) is 10.2. The fraction of sp³-hybridized carbons (Fsp3) is 0.273. The number of ether oxygens (including phenoxy) is 2. The second kappa shape index (κ2) is 9.60. The normalized spacial score (nSPS) is 16.7. The Balaban J connectivity index is 1.83. The number of likely N-dealkylation sites (N-methyl/N-ethyl adjacent to an activating group) is 1. The van der Waals surface area contributed by atoms with Gasteiger partial charge < -0.3 is 9.47 Å². The molecule has 0 aliphatic carbocycles. The maximum Gasteiger partial charge on any atom is 0.266 e. The molecule has 0 aromatic heterocycles. The Kier molecular flexibility index (Phi) is 6.93. The second-order valence-corrected chi connectivity index (χ2v) is 7.44. The van der Waals surface area contributed by atoms with Gasteiger partial charge in [0.25, 0.3) is 5.91 Å². The van der Waals surface area contributed by atoms with E-state index in [1.807, 2.05) is 18.2 Å². The Bertz CT molecular complexity index is 959. The molecule has 1 aliphatic heterocycles. The summed E-state index contributed by atoms with van der Waals surface area (Å²) in [5, 5.41) is 0.429. The van der Waals surface area contributed by atoms with E-state index in [1.54, 1.807) is 38.4 Å². The monoisotopic (exact) mass is 414 g/mol. The SMILES string of the molecule is CCCCOc1ccc(/C=C2/SC(=Nc3ccccc3F)N(C)C2=O)cc1OC. The summed E-state index contributed by atoms with van der Waals surface area (Å²) in [6, 6.07) is 11.8. The van der Waals surface area contributed by atoms with Crippen molar-refractivity contribution in [3.05, 3.63) is 58.8 Å². The van der Waals surface area contributed by atoms with Gasteiger partial charge in [-0.25, -0.2) is 9.38 Å². The highest BCUT2D eigenvalue weighted by Gasteiger charge is 2.30. The lowest BCUT2D eigenvalue weighted by molar-refractivity contribution is -0.121. The Morgan fingerprint density at radius 3 is 2.72 bits per heavy atom. The Labute approximate surface area is 174 Å². The molecule has 0 unspecified atom stereocenters. The Hall–Kier alpha value is -2.80. The minimum absolute atomic E-state index is 0.188. The number of carbonyl (C=O) groups excluding carboxylic acids is 1. The Morgan fingerprint density at radius 1 is 1.21 bits per heavy atom. The second-order valence-electron chi connectivity index (χ2n) is 6.43. The van der Waals surface area contributed by atoms with Crippen LogP contribution in [0.25, 0.3) is 6.08 Å². The number of para-hydroxylation sites is 1. The van der Waals surface area contributed by atoms with Crippen LogP contribution in [-0.4, -0.2) is 36.7 Å². The predicted molar refractivity (Wildman–Crippen MR) is 115 cm³/mol. The molecule has 7 heteroatoms. The van der Waals surface area contributed by atoms with E-state index in [0.29, 0.717) is 28.2 Å². The molecule has 152 valence electrons. The number of methoxy groups -OCH3 is 1. The summed E-state index contributed by atoms with van der Waals surface area (Å²) in [7, 11) is 3.21. The van der Waals surface area contributed by atoms with Crippen LogP contribution < -0.4 is 9.47 Å². The quantitative estimate of drug-likeness (QED) is 0.459. The third-order valence-electron chi connectivity index (χ3n) is 4.31. The highest BCUT2D eigenvalue weighted by atomic mass is 32.2. The summed E-state index contributed by atoms with van der Waals surface area (Å²) in [6.45, 7) is 2.73. The number of hydrogen-bond acceptors (Lipinski definition) is 5.